The molecule has 1 unspecified atom stereocenters. The van der Waals surface area contributed by atoms with Gasteiger partial charge in [0.05, 0.1) is 11.1 Å². The molecule has 10 aromatic carbocycles. The molecule has 1 nitrogen and oxygen atoms in total. The van der Waals surface area contributed by atoms with Crippen LogP contribution in [0, 0.1) is 0 Å². The highest BCUT2D eigenvalue weighted by atomic mass is 15.1. The molecule has 0 saturated heterocycles. The van der Waals surface area contributed by atoms with E-state index in [9.17, 15) is 0 Å². The lowest BCUT2D eigenvalue weighted by Gasteiger charge is -2.34. The van der Waals surface area contributed by atoms with E-state index in [1.165, 1.54) is 94.6 Å². The third-order valence-corrected chi connectivity index (χ3v) is 15.7. The Balaban J connectivity index is 1.00. The third kappa shape index (κ3) is 5.55. The van der Waals surface area contributed by atoms with Gasteiger partial charge in [0.25, 0.3) is 0 Å². The largest absolute Gasteiger partial charge is 0.310 e. The van der Waals surface area contributed by atoms with Gasteiger partial charge in [-0.3, -0.25) is 0 Å². The van der Waals surface area contributed by atoms with Crippen LogP contribution < -0.4 is 4.90 Å². The molecule has 13 rings (SSSR count). The molecule has 0 radical (unpaired) electrons. The van der Waals surface area contributed by atoms with Gasteiger partial charge in [0.2, 0.25) is 0 Å². The van der Waals surface area contributed by atoms with E-state index in [0.29, 0.717) is 0 Å². The van der Waals surface area contributed by atoms with E-state index in [2.05, 4.69) is 268 Å². The highest BCUT2D eigenvalue weighted by Gasteiger charge is 2.48. The van der Waals surface area contributed by atoms with Crippen molar-refractivity contribution < 1.29 is 0 Å². The predicted molar refractivity (Wildman–Crippen MR) is 279 cm³/mol. The van der Waals surface area contributed by atoms with Crippen molar-refractivity contribution in [3.63, 3.8) is 0 Å². The van der Waals surface area contributed by atoms with Gasteiger partial charge >= 0.3 is 0 Å². The molecule has 1 atom stereocenters. The molecule has 3 aliphatic carbocycles. The van der Waals surface area contributed by atoms with Gasteiger partial charge in [-0.2, -0.15) is 0 Å². The van der Waals surface area contributed by atoms with Crippen molar-refractivity contribution in [1.82, 2.24) is 0 Å². The predicted octanol–water partition coefficient (Wildman–Crippen LogP) is 16.8. The van der Waals surface area contributed by atoms with Gasteiger partial charge in [-0.05, 0) is 132 Å². The molecule has 0 bridgehead atoms. The topological polar surface area (TPSA) is 3.24 Å². The van der Waals surface area contributed by atoms with E-state index in [-0.39, 0.29) is 10.8 Å². The number of rotatable bonds is 7. The molecule has 1 heteroatoms. The quantitative estimate of drug-likeness (QED) is 0.154. The Labute approximate surface area is 394 Å². The fourth-order valence-corrected chi connectivity index (χ4v) is 12.5. The van der Waals surface area contributed by atoms with Crippen LogP contribution in [0.5, 0.6) is 0 Å². The zero-order valence-corrected chi connectivity index (χ0v) is 38.0. The van der Waals surface area contributed by atoms with E-state index in [1.54, 1.807) is 0 Å². The number of anilines is 3. The van der Waals surface area contributed by atoms with Gasteiger partial charge in [0.1, 0.15) is 0 Å². The van der Waals surface area contributed by atoms with E-state index in [1.807, 2.05) is 0 Å². The smallest absolute Gasteiger partial charge is 0.0714 e. The molecule has 0 fully saturated rings. The van der Waals surface area contributed by atoms with E-state index in [0.717, 1.165) is 17.1 Å². The van der Waals surface area contributed by atoms with Crippen molar-refractivity contribution in [1.29, 1.82) is 0 Å². The van der Waals surface area contributed by atoms with Crippen LogP contribution in [0.25, 0.3) is 44.5 Å². The first-order chi connectivity index (χ1) is 32.9. The molecular formula is C66H49N. The van der Waals surface area contributed by atoms with Gasteiger partial charge in [0, 0.05) is 27.8 Å². The first-order valence-corrected chi connectivity index (χ1v) is 23.7. The molecule has 0 N–H and O–H groups in total. The summed E-state index contributed by atoms with van der Waals surface area (Å²) in [7, 11) is 0. The van der Waals surface area contributed by atoms with Crippen LogP contribution in [-0.2, 0) is 16.2 Å². The third-order valence-electron chi connectivity index (χ3n) is 15.7. The lowest BCUT2D eigenvalue weighted by molar-refractivity contribution is 0.660. The van der Waals surface area contributed by atoms with Crippen LogP contribution >= 0.6 is 0 Å². The zero-order chi connectivity index (χ0) is 44.9. The maximum atomic E-state index is 2.52. The molecule has 0 heterocycles. The fraction of sp³-hybridized carbons (Fsp3) is 0.0909. The Bertz CT molecular complexity index is 3510. The second-order valence-electron chi connectivity index (χ2n) is 19.3. The van der Waals surface area contributed by atoms with Crippen molar-refractivity contribution in [3.8, 4) is 44.5 Å². The minimum absolute atomic E-state index is 0.152. The van der Waals surface area contributed by atoms with Crippen LogP contribution in [0.2, 0.25) is 0 Å². The minimum Gasteiger partial charge on any atom is -0.310 e. The molecule has 318 valence electrons. The lowest BCUT2D eigenvalue weighted by Crippen LogP contribution is -2.28. The number of fused-ring (bicyclic) bond motifs is 9. The van der Waals surface area contributed by atoms with Crippen molar-refractivity contribution >= 4 is 17.1 Å². The Hall–Kier alpha value is -8.00. The van der Waals surface area contributed by atoms with Crippen LogP contribution in [0.1, 0.15) is 70.8 Å². The van der Waals surface area contributed by atoms with Crippen LogP contribution in [0.15, 0.2) is 243 Å². The summed E-state index contributed by atoms with van der Waals surface area (Å²) in [6, 6.07) is 90.8. The zero-order valence-electron chi connectivity index (χ0n) is 38.0. The standard InChI is InChI=1S/C66H49N/c1-64(2)56-29-16-13-26-51(56)53-40-39-50(43-61(53)64)67(62-33-19-32-60-63(62)54-28-15-18-31-59(54)66(60,47-22-9-5-10-23-47)48-24-11-6-12-25-48)49-37-34-44(35-38-49)45-36-41-58-55(42-45)52-27-14-17-30-57(52)65(58,3)46-20-7-4-8-21-46/h4-43H,1-3H3. The van der Waals surface area contributed by atoms with Crippen molar-refractivity contribution in [3.05, 3.63) is 293 Å². The molecule has 0 aliphatic heterocycles. The van der Waals surface area contributed by atoms with Crippen molar-refractivity contribution in [2.45, 2.75) is 37.0 Å². The minimum atomic E-state index is -0.510. The number of nitrogens with zero attached hydrogens (tertiary/aromatic N) is 1. The van der Waals surface area contributed by atoms with Crippen molar-refractivity contribution in [2.75, 3.05) is 4.90 Å². The molecule has 3 aliphatic rings. The van der Waals surface area contributed by atoms with E-state index < -0.39 is 5.41 Å². The summed E-state index contributed by atoms with van der Waals surface area (Å²) in [6.45, 7) is 7.14. The van der Waals surface area contributed by atoms with Crippen LogP contribution in [0.4, 0.5) is 17.1 Å². The second kappa shape index (κ2) is 14.8. The second-order valence-corrected chi connectivity index (χ2v) is 19.3. The van der Waals surface area contributed by atoms with Gasteiger partial charge in [-0.1, -0.05) is 220 Å². The molecule has 0 aromatic heterocycles. The normalized spacial score (nSPS) is 16.3. The molecule has 10 aromatic rings. The SMILES string of the molecule is CC1(C)c2ccccc2-c2ccc(N(c3ccc(-c4ccc5c(c4)-c4ccccc4C5(C)c4ccccc4)cc3)c3cccc4c3-c3ccccc3C4(c3ccccc3)c3ccccc3)cc21. The number of hydrogen-bond acceptors (Lipinski definition) is 1. The van der Waals surface area contributed by atoms with E-state index in [4.69, 9.17) is 0 Å². The average Bonchev–Trinajstić information content (AvgIpc) is 3.94. The molecule has 0 saturated carbocycles. The molecular weight excluding hydrogens is 807 g/mol. The summed E-state index contributed by atoms with van der Waals surface area (Å²) >= 11 is 0. The first kappa shape index (κ1) is 39.4. The average molecular weight is 856 g/mol. The highest BCUT2D eigenvalue weighted by Crippen LogP contribution is 2.60. The Morgan fingerprint density at radius 1 is 0.299 bits per heavy atom. The van der Waals surface area contributed by atoms with Crippen LogP contribution in [0.3, 0.4) is 0 Å². The van der Waals surface area contributed by atoms with Crippen LogP contribution in [-0.4, -0.2) is 0 Å². The molecule has 0 amide bonds. The Morgan fingerprint density at radius 2 is 0.791 bits per heavy atom. The Morgan fingerprint density at radius 3 is 1.46 bits per heavy atom. The number of benzene rings is 10. The van der Waals surface area contributed by atoms with Gasteiger partial charge in [-0.15, -0.1) is 0 Å². The maximum Gasteiger partial charge on any atom is 0.0714 e. The molecule has 0 spiro atoms. The summed E-state index contributed by atoms with van der Waals surface area (Å²) in [5, 5.41) is 0. The molecule has 67 heavy (non-hydrogen) atoms. The summed E-state index contributed by atoms with van der Waals surface area (Å²) in [5.41, 5.74) is 24.6. The highest BCUT2D eigenvalue weighted by molar-refractivity contribution is 5.98. The summed E-state index contributed by atoms with van der Waals surface area (Å²) < 4.78 is 0. The summed E-state index contributed by atoms with van der Waals surface area (Å²) in [6.07, 6.45) is 0. The van der Waals surface area contributed by atoms with Gasteiger partial charge < -0.3 is 4.90 Å². The van der Waals surface area contributed by atoms with Gasteiger partial charge in [0.15, 0.2) is 0 Å². The number of hydrogen-bond donors (Lipinski definition) is 0. The summed E-state index contributed by atoms with van der Waals surface area (Å²) in [4.78, 5) is 2.52. The van der Waals surface area contributed by atoms with E-state index >= 15 is 0 Å². The van der Waals surface area contributed by atoms with Gasteiger partial charge in [-0.25, -0.2) is 0 Å². The lowest BCUT2D eigenvalue weighted by atomic mass is 9.68. The monoisotopic (exact) mass is 855 g/mol. The summed E-state index contributed by atoms with van der Waals surface area (Å²) in [5.74, 6) is 0. The maximum absolute atomic E-state index is 2.52. The fourth-order valence-electron chi connectivity index (χ4n) is 12.5. The Kier molecular flexibility index (Phi) is 8.67. The first-order valence-electron chi connectivity index (χ1n) is 23.7. The van der Waals surface area contributed by atoms with Crippen molar-refractivity contribution in [2.24, 2.45) is 0 Å².